The van der Waals surface area contributed by atoms with E-state index in [1.807, 2.05) is 0 Å². The van der Waals surface area contributed by atoms with Crippen molar-refractivity contribution < 1.29 is 22.3 Å². The van der Waals surface area contributed by atoms with Gasteiger partial charge in [0.25, 0.3) is 0 Å². The fourth-order valence-electron chi connectivity index (χ4n) is 1.31. The van der Waals surface area contributed by atoms with Crippen molar-refractivity contribution in [3.63, 3.8) is 0 Å². The zero-order chi connectivity index (χ0) is 13.2. The second-order valence-corrected chi connectivity index (χ2v) is 3.34. The van der Waals surface area contributed by atoms with Crippen LogP contribution in [-0.4, -0.2) is 11.3 Å². The number of hydrogen-bond acceptors (Lipinski definition) is 3. The maximum absolute atomic E-state index is 11.9. The predicted octanol–water partition coefficient (Wildman–Crippen LogP) is 3.88. The predicted molar refractivity (Wildman–Crippen MR) is 58.7 cm³/mol. The first-order valence-corrected chi connectivity index (χ1v) is 4.92. The van der Waals surface area contributed by atoms with Crippen LogP contribution in [0.2, 0.25) is 0 Å². The van der Waals surface area contributed by atoms with E-state index in [4.69, 9.17) is 4.42 Å². The number of hydrogen-bond donors (Lipinski definition) is 0. The van der Waals surface area contributed by atoms with E-state index in [0.29, 0.717) is 17.2 Å². The van der Waals surface area contributed by atoms with Gasteiger partial charge in [0.2, 0.25) is 5.89 Å². The van der Waals surface area contributed by atoms with Gasteiger partial charge < -0.3 is 9.15 Å². The summed E-state index contributed by atoms with van der Waals surface area (Å²) in [5.41, 5.74) is 0.553. The summed E-state index contributed by atoms with van der Waals surface area (Å²) in [5, 5.41) is 0. The average molecular weight is 255 g/mol. The Kier molecular flexibility index (Phi) is 3.10. The highest BCUT2D eigenvalue weighted by Gasteiger charge is 2.30. The SMILES string of the molecule is C=Cc1cnc(-c2ccc(OC(F)(F)F)cc2)o1. The van der Waals surface area contributed by atoms with Crippen molar-refractivity contribution in [1.82, 2.24) is 4.98 Å². The van der Waals surface area contributed by atoms with Crippen LogP contribution in [0.1, 0.15) is 5.76 Å². The van der Waals surface area contributed by atoms with E-state index in [0.717, 1.165) is 0 Å². The fraction of sp³-hybridized carbons (Fsp3) is 0.0833. The lowest BCUT2D eigenvalue weighted by atomic mass is 10.2. The van der Waals surface area contributed by atoms with Gasteiger partial charge in [-0.15, -0.1) is 13.2 Å². The second kappa shape index (κ2) is 4.56. The van der Waals surface area contributed by atoms with Crippen molar-refractivity contribution in [3.8, 4) is 17.2 Å². The van der Waals surface area contributed by atoms with E-state index < -0.39 is 6.36 Å². The summed E-state index contributed by atoms with van der Waals surface area (Å²) in [7, 11) is 0. The Hall–Kier alpha value is -2.24. The Labute approximate surface area is 101 Å². The van der Waals surface area contributed by atoms with Crippen LogP contribution in [0.5, 0.6) is 5.75 Å². The van der Waals surface area contributed by atoms with Crippen LogP contribution >= 0.6 is 0 Å². The van der Waals surface area contributed by atoms with E-state index in [9.17, 15) is 13.2 Å². The molecular weight excluding hydrogens is 247 g/mol. The number of rotatable bonds is 3. The van der Waals surface area contributed by atoms with Crippen LogP contribution in [0.3, 0.4) is 0 Å². The summed E-state index contributed by atoms with van der Waals surface area (Å²) in [5.74, 6) is 0.505. The van der Waals surface area contributed by atoms with Gasteiger partial charge in [-0.05, 0) is 30.3 Å². The van der Waals surface area contributed by atoms with Gasteiger partial charge in [0.05, 0.1) is 6.20 Å². The minimum atomic E-state index is -4.69. The van der Waals surface area contributed by atoms with E-state index >= 15 is 0 Å². The second-order valence-electron chi connectivity index (χ2n) is 3.34. The normalized spacial score (nSPS) is 11.3. The van der Waals surface area contributed by atoms with Crippen molar-refractivity contribution in [2.75, 3.05) is 0 Å². The molecule has 2 rings (SSSR count). The first-order valence-electron chi connectivity index (χ1n) is 4.92. The number of oxazole rings is 1. The highest BCUT2D eigenvalue weighted by molar-refractivity contribution is 5.56. The topological polar surface area (TPSA) is 35.3 Å². The van der Waals surface area contributed by atoms with Gasteiger partial charge in [0.15, 0.2) is 0 Å². The molecule has 18 heavy (non-hydrogen) atoms. The molecule has 94 valence electrons. The smallest absolute Gasteiger partial charge is 0.437 e. The number of halogens is 3. The maximum atomic E-state index is 11.9. The molecule has 0 unspecified atom stereocenters. The molecule has 0 atom stereocenters. The summed E-state index contributed by atoms with van der Waals surface area (Å²) in [6.45, 7) is 3.51. The Bertz CT molecular complexity index is 543. The molecule has 0 aliphatic heterocycles. The van der Waals surface area contributed by atoms with Crippen LogP contribution in [0.4, 0.5) is 13.2 Å². The van der Waals surface area contributed by atoms with E-state index in [1.54, 1.807) is 0 Å². The summed E-state index contributed by atoms with van der Waals surface area (Å²) in [6, 6.07) is 5.25. The van der Waals surface area contributed by atoms with Crippen molar-refractivity contribution >= 4 is 6.08 Å². The molecule has 2 aromatic rings. The maximum Gasteiger partial charge on any atom is 0.573 e. The summed E-state index contributed by atoms with van der Waals surface area (Å²) in [6.07, 6.45) is -1.74. The third-order valence-electron chi connectivity index (χ3n) is 2.06. The first-order chi connectivity index (χ1) is 8.48. The molecule has 1 heterocycles. The lowest BCUT2D eigenvalue weighted by Crippen LogP contribution is -2.16. The number of nitrogens with zero attached hydrogens (tertiary/aromatic N) is 1. The standard InChI is InChI=1S/C12H8F3NO2/c1-2-9-7-16-11(17-9)8-3-5-10(6-4-8)18-12(13,14)15/h2-7H,1H2. The molecule has 0 saturated carbocycles. The monoisotopic (exact) mass is 255 g/mol. The van der Waals surface area contributed by atoms with Crippen LogP contribution in [0, 0.1) is 0 Å². The fourth-order valence-corrected chi connectivity index (χ4v) is 1.31. The molecule has 0 spiro atoms. The van der Waals surface area contributed by atoms with Crippen LogP contribution in [0.25, 0.3) is 17.5 Å². The van der Waals surface area contributed by atoms with Gasteiger partial charge in [-0.3, -0.25) is 0 Å². The Morgan fingerprint density at radius 1 is 1.22 bits per heavy atom. The van der Waals surface area contributed by atoms with Gasteiger partial charge >= 0.3 is 6.36 Å². The van der Waals surface area contributed by atoms with Gasteiger partial charge in [0.1, 0.15) is 11.5 Å². The average Bonchev–Trinajstić information content (AvgIpc) is 2.76. The molecule has 0 bridgehead atoms. The number of aromatic nitrogens is 1. The molecule has 1 aromatic heterocycles. The molecular formula is C12H8F3NO2. The molecule has 0 amide bonds. The van der Waals surface area contributed by atoms with Crippen LogP contribution in [0.15, 0.2) is 41.5 Å². The zero-order valence-electron chi connectivity index (χ0n) is 9.07. The summed E-state index contributed by atoms with van der Waals surface area (Å²) in [4.78, 5) is 3.96. The van der Waals surface area contributed by atoms with Crippen molar-refractivity contribution in [3.05, 3.63) is 42.8 Å². The Morgan fingerprint density at radius 2 is 1.89 bits per heavy atom. The van der Waals surface area contributed by atoms with Gasteiger partial charge in [-0.1, -0.05) is 6.58 Å². The summed E-state index contributed by atoms with van der Waals surface area (Å²) < 4.78 is 44.9. The molecule has 0 fully saturated rings. The van der Waals surface area contributed by atoms with Crippen molar-refractivity contribution in [2.45, 2.75) is 6.36 Å². The largest absolute Gasteiger partial charge is 0.573 e. The first kappa shape index (κ1) is 12.2. The van der Waals surface area contributed by atoms with Crippen molar-refractivity contribution in [2.24, 2.45) is 0 Å². The van der Waals surface area contributed by atoms with Gasteiger partial charge in [-0.2, -0.15) is 0 Å². The molecule has 1 aromatic carbocycles. The van der Waals surface area contributed by atoms with E-state index in [2.05, 4.69) is 16.3 Å². The lowest BCUT2D eigenvalue weighted by Gasteiger charge is -2.08. The van der Waals surface area contributed by atoms with E-state index in [1.165, 1.54) is 36.5 Å². The third kappa shape index (κ3) is 2.91. The molecule has 0 aliphatic carbocycles. The third-order valence-corrected chi connectivity index (χ3v) is 2.06. The van der Waals surface area contributed by atoms with Gasteiger partial charge in [0, 0.05) is 5.56 Å². The minimum absolute atomic E-state index is 0.290. The number of ether oxygens (including phenoxy) is 1. The number of alkyl halides is 3. The molecule has 3 nitrogen and oxygen atoms in total. The molecule has 6 heteroatoms. The van der Waals surface area contributed by atoms with Crippen LogP contribution in [-0.2, 0) is 0 Å². The van der Waals surface area contributed by atoms with Crippen LogP contribution < -0.4 is 4.74 Å². The van der Waals surface area contributed by atoms with Gasteiger partial charge in [-0.25, -0.2) is 4.98 Å². The minimum Gasteiger partial charge on any atom is -0.437 e. The Balaban J connectivity index is 2.19. The van der Waals surface area contributed by atoms with Crippen molar-refractivity contribution in [1.29, 1.82) is 0 Å². The number of benzene rings is 1. The quantitative estimate of drug-likeness (QED) is 0.834. The Morgan fingerprint density at radius 3 is 2.39 bits per heavy atom. The highest BCUT2D eigenvalue weighted by Crippen LogP contribution is 2.26. The lowest BCUT2D eigenvalue weighted by molar-refractivity contribution is -0.274. The molecule has 0 aliphatic rings. The molecule has 0 radical (unpaired) electrons. The van der Waals surface area contributed by atoms with E-state index in [-0.39, 0.29) is 5.75 Å². The highest BCUT2D eigenvalue weighted by atomic mass is 19.4. The molecule has 0 N–H and O–H groups in total. The zero-order valence-corrected chi connectivity index (χ0v) is 9.07. The molecule has 0 saturated heterocycles. The summed E-state index contributed by atoms with van der Waals surface area (Å²) >= 11 is 0.